The van der Waals surface area contributed by atoms with Gasteiger partial charge in [-0.2, -0.15) is 0 Å². The number of hydrogen-bond donors (Lipinski definition) is 2. The summed E-state index contributed by atoms with van der Waals surface area (Å²) in [5.41, 5.74) is 2.30. The van der Waals surface area contributed by atoms with Gasteiger partial charge in [0.25, 0.3) is 11.8 Å². The second-order valence-electron chi connectivity index (χ2n) is 6.67. The number of rotatable bonds is 6. The molecule has 0 radical (unpaired) electrons. The van der Waals surface area contributed by atoms with E-state index < -0.39 is 0 Å². The quantitative estimate of drug-likeness (QED) is 0.817. The lowest BCUT2D eigenvalue weighted by Gasteiger charge is -2.13. The van der Waals surface area contributed by atoms with Crippen LogP contribution in [0.1, 0.15) is 33.7 Å². The second kappa shape index (κ2) is 8.64. The normalized spacial score (nSPS) is 16.0. The molecule has 1 aromatic carbocycles. The predicted octanol–water partition coefficient (Wildman–Crippen LogP) is 2.31. The smallest absolute Gasteiger partial charge is 0.274 e. The predicted molar refractivity (Wildman–Crippen MR) is 104 cm³/mol. The lowest BCUT2D eigenvalue weighted by atomic mass is 10.2. The molecule has 1 aliphatic heterocycles. The van der Waals surface area contributed by atoms with Crippen LogP contribution < -0.4 is 15.5 Å². The fourth-order valence-corrected chi connectivity index (χ4v) is 2.85. The van der Waals surface area contributed by atoms with Gasteiger partial charge in [-0.05, 0) is 49.2 Å². The summed E-state index contributed by atoms with van der Waals surface area (Å²) in [4.78, 5) is 30.8. The monoisotopic (exact) mass is 368 g/mol. The summed E-state index contributed by atoms with van der Waals surface area (Å²) in [5, 5.41) is 5.64. The summed E-state index contributed by atoms with van der Waals surface area (Å²) in [6.45, 7) is 1.22. The fourth-order valence-electron chi connectivity index (χ4n) is 2.85. The van der Waals surface area contributed by atoms with Gasteiger partial charge in [0, 0.05) is 50.4 Å². The fraction of sp³-hybridized carbons (Fsp3) is 0.350. The van der Waals surface area contributed by atoms with Crippen molar-refractivity contribution in [1.82, 2.24) is 10.3 Å². The zero-order valence-electron chi connectivity index (χ0n) is 15.6. The van der Waals surface area contributed by atoms with Crippen molar-refractivity contribution in [3.8, 4) is 0 Å². The third-order valence-electron chi connectivity index (χ3n) is 4.41. The molecule has 0 saturated carbocycles. The van der Waals surface area contributed by atoms with E-state index in [-0.39, 0.29) is 23.6 Å². The number of carbonyl (C=O) groups excluding carboxylic acids is 2. The molecule has 2 aromatic rings. The van der Waals surface area contributed by atoms with Crippen LogP contribution in [0.15, 0.2) is 42.6 Å². The molecule has 2 amide bonds. The van der Waals surface area contributed by atoms with Crippen molar-refractivity contribution in [2.45, 2.75) is 18.9 Å². The zero-order chi connectivity index (χ0) is 19.2. The maximum Gasteiger partial charge on any atom is 0.274 e. The Kier molecular flexibility index (Phi) is 6.03. The number of carbonyl (C=O) groups is 2. The Morgan fingerprint density at radius 1 is 1.19 bits per heavy atom. The van der Waals surface area contributed by atoms with E-state index in [4.69, 9.17) is 4.74 Å². The lowest BCUT2D eigenvalue weighted by Crippen LogP contribution is -2.32. The summed E-state index contributed by atoms with van der Waals surface area (Å²) in [6.07, 6.45) is 3.51. The Morgan fingerprint density at radius 2 is 1.96 bits per heavy atom. The molecule has 7 heteroatoms. The number of benzene rings is 1. The van der Waals surface area contributed by atoms with Gasteiger partial charge in [-0.15, -0.1) is 0 Å². The minimum Gasteiger partial charge on any atom is -0.378 e. The highest BCUT2D eigenvalue weighted by Gasteiger charge is 2.17. The molecule has 0 spiro atoms. The minimum absolute atomic E-state index is 0.0729. The molecule has 7 nitrogen and oxygen atoms in total. The Morgan fingerprint density at radius 3 is 2.63 bits per heavy atom. The van der Waals surface area contributed by atoms with Gasteiger partial charge in [-0.25, -0.2) is 0 Å². The van der Waals surface area contributed by atoms with E-state index in [1.165, 1.54) is 12.3 Å². The molecule has 2 N–H and O–H groups in total. The number of ether oxygens (including phenoxy) is 1. The van der Waals surface area contributed by atoms with Crippen molar-refractivity contribution in [2.24, 2.45) is 0 Å². The van der Waals surface area contributed by atoms with Crippen LogP contribution in [0.4, 0.5) is 11.4 Å². The first-order valence-corrected chi connectivity index (χ1v) is 8.97. The average Bonchev–Trinajstić information content (AvgIpc) is 3.20. The minimum atomic E-state index is -0.360. The summed E-state index contributed by atoms with van der Waals surface area (Å²) in [6, 6.07) is 10.6. The lowest BCUT2D eigenvalue weighted by molar-refractivity contribution is 0.0857. The third kappa shape index (κ3) is 5.04. The van der Waals surface area contributed by atoms with Crippen molar-refractivity contribution in [3.05, 3.63) is 53.9 Å². The molecule has 1 atom stereocenters. The van der Waals surface area contributed by atoms with Crippen LogP contribution in [0.25, 0.3) is 0 Å². The SMILES string of the molecule is CN(C)c1ccc(NC(=O)c2cc(C(=O)NCC3CCCO3)ccn2)cc1. The number of nitrogens with one attached hydrogen (secondary N) is 2. The molecule has 0 bridgehead atoms. The van der Waals surface area contributed by atoms with Crippen LogP contribution in [-0.2, 0) is 4.74 Å². The van der Waals surface area contributed by atoms with Crippen LogP contribution >= 0.6 is 0 Å². The van der Waals surface area contributed by atoms with Crippen molar-refractivity contribution in [2.75, 3.05) is 37.5 Å². The number of amides is 2. The summed E-state index contributed by atoms with van der Waals surface area (Å²) in [5.74, 6) is -0.598. The van der Waals surface area contributed by atoms with Crippen molar-refractivity contribution < 1.29 is 14.3 Å². The Hall–Kier alpha value is -2.93. The molecule has 2 heterocycles. The van der Waals surface area contributed by atoms with E-state index in [1.54, 1.807) is 6.07 Å². The molecule has 142 valence electrons. The molecule has 0 aliphatic carbocycles. The Balaban J connectivity index is 1.61. The molecular formula is C20H24N4O3. The van der Waals surface area contributed by atoms with E-state index in [2.05, 4.69) is 15.6 Å². The molecule has 1 aliphatic rings. The van der Waals surface area contributed by atoms with Crippen molar-refractivity contribution >= 4 is 23.2 Å². The van der Waals surface area contributed by atoms with Gasteiger partial charge < -0.3 is 20.3 Å². The Bertz CT molecular complexity index is 799. The van der Waals surface area contributed by atoms with E-state index >= 15 is 0 Å². The van der Waals surface area contributed by atoms with Crippen LogP contribution in [0.3, 0.4) is 0 Å². The van der Waals surface area contributed by atoms with Gasteiger partial charge in [-0.1, -0.05) is 0 Å². The second-order valence-corrected chi connectivity index (χ2v) is 6.67. The number of hydrogen-bond acceptors (Lipinski definition) is 5. The number of aromatic nitrogens is 1. The summed E-state index contributed by atoms with van der Waals surface area (Å²) >= 11 is 0. The first-order valence-electron chi connectivity index (χ1n) is 8.97. The van der Waals surface area contributed by atoms with E-state index in [9.17, 15) is 9.59 Å². The van der Waals surface area contributed by atoms with Gasteiger partial charge >= 0.3 is 0 Å². The maximum absolute atomic E-state index is 12.4. The molecule has 3 rings (SSSR count). The first-order chi connectivity index (χ1) is 13.0. The van der Waals surface area contributed by atoms with Gasteiger partial charge in [0.1, 0.15) is 5.69 Å². The number of pyridine rings is 1. The standard InChI is InChI=1S/C20H24N4O3/c1-24(2)16-7-5-15(6-8-16)23-20(26)18-12-14(9-10-21-18)19(25)22-13-17-4-3-11-27-17/h5-10,12,17H,3-4,11,13H2,1-2H3,(H,22,25)(H,23,26). The van der Waals surface area contributed by atoms with E-state index in [0.29, 0.717) is 17.8 Å². The molecule has 27 heavy (non-hydrogen) atoms. The highest BCUT2D eigenvalue weighted by atomic mass is 16.5. The number of nitrogens with zero attached hydrogens (tertiary/aromatic N) is 2. The summed E-state index contributed by atoms with van der Waals surface area (Å²) in [7, 11) is 3.90. The van der Waals surface area contributed by atoms with Crippen molar-refractivity contribution in [1.29, 1.82) is 0 Å². The van der Waals surface area contributed by atoms with Crippen LogP contribution in [0.5, 0.6) is 0 Å². The van der Waals surface area contributed by atoms with Gasteiger partial charge in [-0.3, -0.25) is 14.6 Å². The molecule has 1 fully saturated rings. The maximum atomic E-state index is 12.4. The van der Waals surface area contributed by atoms with Crippen LogP contribution in [0.2, 0.25) is 0 Å². The first kappa shape index (κ1) is 18.8. The van der Waals surface area contributed by atoms with E-state index in [1.807, 2.05) is 43.3 Å². The van der Waals surface area contributed by atoms with Crippen LogP contribution in [-0.4, -0.2) is 50.1 Å². The molecule has 1 aromatic heterocycles. The molecular weight excluding hydrogens is 344 g/mol. The van der Waals surface area contributed by atoms with Crippen molar-refractivity contribution in [3.63, 3.8) is 0 Å². The van der Waals surface area contributed by atoms with E-state index in [0.717, 1.165) is 25.1 Å². The van der Waals surface area contributed by atoms with Crippen LogP contribution in [0, 0.1) is 0 Å². The number of anilines is 2. The van der Waals surface area contributed by atoms with Gasteiger partial charge in [0.2, 0.25) is 0 Å². The third-order valence-corrected chi connectivity index (χ3v) is 4.41. The average molecular weight is 368 g/mol. The van der Waals surface area contributed by atoms with Gasteiger partial charge in [0.05, 0.1) is 6.10 Å². The molecule has 1 saturated heterocycles. The zero-order valence-corrected chi connectivity index (χ0v) is 15.6. The summed E-state index contributed by atoms with van der Waals surface area (Å²) < 4.78 is 5.50. The highest BCUT2D eigenvalue weighted by Crippen LogP contribution is 2.16. The molecule has 1 unspecified atom stereocenters. The largest absolute Gasteiger partial charge is 0.378 e. The topological polar surface area (TPSA) is 83.6 Å². The van der Waals surface area contributed by atoms with Gasteiger partial charge in [0.15, 0.2) is 0 Å². The highest BCUT2D eigenvalue weighted by molar-refractivity contribution is 6.04. The Labute approximate surface area is 158 Å².